The van der Waals surface area contributed by atoms with Crippen molar-refractivity contribution >= 4 is 16.0 Å². The maximum Gasteiger partial charge on any atom is 0.339 e. The number of carbonyl (C=O) groups excluding carboxylic acids is 1. The Morgan fingerprint density at radius 1 is 1.03 bits per heavy atom. The summed E-state index contributed by atoms with van der Waals surface area (Å²) < 4.78 is 42.8. The second-order valence-electron chi connectivity index (χ2n) is 7.70. The summed E-state index contributed by atoms with van der Waals surface area (Å²) in [7, 11) is -4.03. The molecule has 1 aliphatic rings. The molecule has 162 valence electrons. The highest BCUT2D eigenvalue weighted by Gasteiger charge is 2.32. The molecule has 0 aromatic heterocycles. The van der Waals surface area contributed by atoms with Crippen molar-refractivity contribution in [2.24, 2.45) is 0 Å². The van der Waals surface area contributed by atoms with Crippen LogP contribution in [-0.2, 0) is 21.5 Å². The lowest BCUT2D eigenvalue weighted by Crippen LogP contribution is -2.32. The van der Waals surface area contributed by atoms with Gasteiger partial charge in [0.2, 0.25) is 5.91 Å². The molecule has 0 atom stereocenters. The Balaban J connectivity index is 1.60. The lowest BCUT2D eigenvalue weighted by atomic mass is 10.1. The smallest absolute Gasteiger partial charge is 0.339 e. The fourth-order valence-corrected chi connectivity index (χ4v) is 4.21. The maximum absolute atomic E-state index is 13.0. The number of hydrogen-bond donors (Lipinski definition) is 0. The molecule has 1 fully saturated rings. The quantitative estimate of drug-likeness (QED) is 0.367. The second kappa shape index (κ2) is 10.1. The van der Waals surface area contributed by atoms with E-state index in [1.807, 2.05) is 4.90 Å². The summed E-state index contributed by atoms with van der Waals surface area (Å²) in [4.78, 5) is 14.5. The number of rotatable bonds is 11. The van der Waals surface area contributed by atoms with Crippen molar-refractivity contribution in [1.29, 1.82) is 0 Å². The molecule has 0 radical (unpaired) electrons. The van der Waals surface area contributed by atoms with Crippen molar-refractivity contribution in [3.63, 3.8) is 0 Å². The largest absolute Gasteiger partial charge is 0.379 e. The number of carbonyl (C=O) groups is 1. The summed E-state index contributed by atoms with van der Waals surface area (Å²) in [5.74, 6) is -0.154. The number of nitrogens with zero attached hydrogens (tertiary/aromatic N) is 1. The van der Waals surface area contributed by atoms with Gasteiger partial charge in [-0.3, -0.25) is 4.79 Å². The molecule has 0 heterocycles. The van der Waals surface area contributed by atoms with Crippen LogP contribution in [0.25, 0.3) is 0 Å². The first-order valence-electron chi connectivity index (χ1n) is 10.5. The van der Waals surface area contributed by atoms with E-state index in [1.165, 1.54) is 12.1 Å². The molecule has 3 rings (SSSR count). The van der Waals surface area contributed by atoms with E-state index in [0.717, 1.165) is 56.2 Å². The Kier molecular flexibility index (Phi) is 7.48. The van der Waals surface area contributed by atoms with Crippen molar-refractivity contribution in [3.05, 3.63) is 59.9 Å². The van der Waals surface area contributed by atoms with Gasteiger partial charge in [-0.05, 0) is 61.2 Å². The minimum atomic E-state index is -4.03. The van der Waals surface area contributed by atoms with Crippen molar-refractivity contribution < 1.29 is 21.8 Å². The van der Waals surface area contributed by atoms with E-state index in [-0.39, 0.29) is 16.6 Å². The summed E-state index contributed by atoms with van der Waals surface area (Å²) in [6.07, 6.45) is 6.95. The van der Waals surface area contributed by atoms with E-state index in [0.29, 0.717) is 19.0 Å². The highest BCUT2D eigenvalue weighted by molar-refractivity contribution is 7.87. The Labute approximate surface area is 178 Å². The highest BCUT2D eigenvalue weighted by atomic mass is 32.2. The molecule has 0 unspecified atom stereocenters. The molecule has 0 saturated heterocycles. The van der Waals surface area contributed by atoms with Crippen LogP contribution in [0.3, 0.4) is 0 Å². The summed E-state index contributed by atoms with van der Waals surface area (Å²) >= 11 is 0. The van der Waals surface area contributed by atoms with Gasteiger partial charge in [0.05, 0.1) is 0 Å². The van der Waals surface area contributed by atoms with Crippen LogP contribution in [0, 0.1) is 5.82 Å². The SMILES string of the molecule is CCCCCCC(=O)N(Cc1ccc(OS(=O)(=O)c2ccc(F)cc2)cc1)C1CC1. The molecule has 30 heavy (non-hydrogen) atoms. The van der Waals surface area contributed by atoms with Crippen molar-refractivity contribution in [2.45, 2.75) is 69.4 Å². The van der Waals surface area contributed by atoms with E-state index >= 15 is 0 Å². The summed E-state index contributed by atoms with van der Waals surface area (Å²) in [6.45, 7) is 2.67. The van der Waals surface area contributed by atoms with Gasteiger partial charge in [0, 0.05) is 19.0 Å². The Morgan fingerprint density at radius 3 is 2.30 bits per heavy atom. The van der Waals surface area contributed by atoms with Crippen LogP contribution in [-0.4, -0.2) is 25.3 Å². The van der Waals surface area contributed by atoms with Crippen LogP contribution in [0.1, 0.15) is 57.4 Å². The summed E-state index contributed by atoms with van der Waals surface area (Å²) in [5.41, 5.74) is 0.926. The molecule has 5 nitrogen and oxygen atoms in total. The molecule has 1 amide bonds. The van der Waals surface area contributed by atoms with Gasteiger partial charge in [-0.15, -0.1) is 0 Å². The number of benzene rings is 2. The maximum atomic E-state index is 13.0. The Bertz CT molecular complexity index is 938. The van der Waals surface area contributed by atoms with E-state index < -0.39 is 15.9 Å². The van der Waals surface area contributed by atoms with Gasteiger partial charge in [-0.2, -0.15) is 8.42 Å². The first kappa shape index (κ1) is 22.3. The van der Waals surface area contributed by atoms with Crippen molar-refractivity contribution in [1.82, 2.24) is 4.90 Å². The molecule has 1 aliphatic carbocycles. The van der Waals surface area contributed by atoms with Gasteiger partial charge in [-0.1, -0.05) is 38.3 Å². The number of amides is 1. The molecule has 1 saturated carbocycles. The van der Waals surface area contributed by atoms with Gasteiger partial charge in [0.25, 0.3) is 0 Å². The molecule has 0 N–H and O–H groups in total. The summed E-state index contributed by atoms with van der Waals surface area (Å²) in [6, 6.07) is 11.5. The van der Waals surface area contributed by atoms with Crippen LogP contribution in [0.5, 0.6) is 5.75 Å². The highest BCUT2D eigenvalue weighted by Crippen LogP contribution is 2.30. The van der Waals surface area contributed by atoms with E-state index in [2.05, 4.69) is 6.92 Å². The summed E-state index contributed by atoms with van der Waals surface area (Å²) in [5, 5.41) is 0. The third-order valence-corrected chi connectivity index (χ3v) is 6.40. The Hall–Kier alpha value is -2.41. The monoisotopic (exact) mass is 433 g/mol. The molecule has 0 aliphatic heterocycles. The second-order valence-corrected chi connectivity index (χ2v) is 9.25. The van der Waals surface area contributed by atoms with E-state index in [4.69, 9.17) is 4.18 Å². The predicted molar refractivity (Wildman–Crippen MR) is 113 cm³/mol. The molecule has 0 spiro atoms. The minimum Gasteiger partial charge on any atom is -0.379 e. The number of unbranched alkanes of at least 4 members (excludes halogenated alkanes) is 3. The van der Waals surface area contributed by atoms with Gasteiger partial charge in [0.15, 0.2) is 0 Å². The average molecular weight is 434 g/mol. The third-order valence-electron chi connectivity index (χ3n) is 5.14. The van der Waals surface area contributed by atoms with Gasteiger partial charge >= 0.3 is 10.1 Å². The molecular formula is C23H28FNO4S. The number of hydrogen-bond acceptors (Lipinski definition) is 4. The van der Waals surface area contributed by atoms with E-state index in [9.17, 15) is 17.6 Å². The molecular weight excluding hydrogens is 405 g/mol. The van der Waals surface area contributed by atoms with Gasteiger partial charge in [-0.25, -0.2) is 4.39 Å². The van der Waals surface area contributed by atoms with Crippen molar-refractivity contribution in [2.75, 3.05) is 0 Å². The zero-order valence-corrected chi connectivity index (χ0v) is 18.0. The van der Waals surface area contributed by atoms with Crippen LogP contribution in [0.15, 0.2) is 53.4 Å². The zero-order valence-electron chi connectivity index (χ0n) is 17.2. The predicted octanol–water partition coefficient (Wildman–Crippen LogP) is 5.05. The van der Waals surface area contributed by atoms with Crippen LogP contribution in [0.4, 0.5) is 4.39 Å². The number of halogens is 1. The lowest BCUT2D eigenvalue weighted by Gasteiger charge is -2.23. The normalized spacial score (nSPS) is 13.8. The first-order chi connectivity index (χ1) is 14.4. The topological polar surface area (TPSA) is 63.7 Å². The first-order valence-corrected chi connectivity index (χ1v) is 11.9. The van der Waals surface area contributed by atoms with Gasteiger partial charge in [0.1, 0.15) is 16.5 Å². The molecule has 2 aromatic rings. The average Bonchev–Trinajstić information content (AvgIpc) is 3.56. The van der Waals surface area contributed by atoms with E-state index in [1.54, 1.807) is 24.3 Å². The van der Waals surface area contributed by atoms with Crippen LogP contribution >= 0.6 is 0 Å². The van der Waals surface area contributed by atoms with Crippen LogP contribution < -0.4 is 4.18 Å². The minimum absolute atomic E-state index is 0.110. The zero-order chi connectivity index (χ0) is 21.6. The standard InChI is InChI=1S/C23H28FNO4S/c1-2-3-4-5-6-23(26)25(20-11-12-20)17-18-7-13-21(14-8-18)29-30(27,28)22-15-9-19(24)10-16-22/h7-10,13-16,20H,2-6,11-12,17H2,1H3. The molecule has 2 aromatic carbocycles. The fraction of sp³-hybridized carbons (Fsp3) is 0.435. The fourth-order valence-electron chi connectivity index (χ4n) is 3.28. The third kappa shape index (κ3) is 6.29. The van der Waals surface area contributed by atoms with Gasteiger partial charge < -0.3 is 9.08 Å². The molecule has 0 bridgehead atoms. The Morgan fingerprint density at radius 2 is 1.70 bits per heavy atom. The van der Waals surface area contributed by atoms with Crippen molar-refractivity contribution in [3.8, 4) is 5.75 Å². The lowest BCUT2D eigenvalue weighted by molar-refractivity contribution is -0.132. The van der Waals surface area contributed by atoms with Crippen LogP contribution in [0.2, 0.25) is 0 Å². The molecule has 7 heteroatoms.